The summed E-state index contributed by atoms with van der Waals surface area (Å²) in [6.45, 7) is 0. The third kappa shape index (κ3) is 2.29. The van der Waals surface area contributed by atoms with Crippen LogP contribution < -0.4 is 0 Å². The van der Waals surface area contributed by atoms with E-state index in [1.165, 1.54) is 14.2 Å². The Morgan fingerprint density at radius 1 is 0.731 bits per heavy atom. The Morgan fingerprint density at radius 3 is 1.81 bits per heavy atom. The second kappa shape index (κ2) is 6.11. The van der Waals surface area contributed by atoms with E-state index in [9.17, 15) is 9.59 Å². The number of methoxy groups -OCH3 is 2. The molecule has 0 radical (unpaired) electrons. The van der Waals surface area contributed by atoms with E-state index in [4.69, 9.17) is 9.47 Å². The quantitative estimate of drug-likeness (QED) is 0.404. The van der Waals surface area contributed by atoms with Gasteiger partial charge in [0.2, 0.25) is 0 Å². The first-order valence-corrected chi connectivity index (χ1v) is 8.06. The van der Waals surface area contributed by atoms with Crippen molar-refractivity contribution in [2.45, 2.75) is 0 Å². The van der Waals surface area contributed by atoms with Crippen molar-refractivity contribution in [3.05, 3.63) is 65.9 Å². The Balaban J connectivity index is 2.26. The summed E-state index contributed by atoms with van der Waals surface area (Å²) in [5, 5.41) is 4.73. The monoisotopic (exact) mass is 345 g/mol. The Bertz CT molecular complexity index is 1100. The van der Waals surface area contributed by atoms with Gasteiger partial charge in [0.1, 0.15) is 0 Å². The number of hydrogen-bond acceptors (Lipinski definition) is 5. The zero-order valence-corrected chi connectivity index (χ0v) is 14.3. The van der Waals surface area contributed by atoms with Gasteiger partial charge in [-0.05, 0) is 22.2 Å². The summed E-state index contributed by atoms with van der Waals surface area (Å²) in [5.41, 5.74) is 0.687. The van der Waals surface area contributed by atoms with Crippen LogP contribution in [0.2, 0.25) is 0 Å². The Labute approximate surface area is 149 Å². The van der Waals surface area contributed by atoms with E-state index in [0.29, 0.717) is 5.52 Å². The first-order chi connectivity index (χ1) is 12.7. The highest BCUT2D eigenvalue weighted by Crippen LogP contribution is 2.35. The fourth-order valence-corrected chi connectivity index (χ4v) is 3.32. The molecule has 0 aliphatic carbocycles. The smallest absolute Gasteiger partial charge is 0.357 e. The second-order valence-corrected chi connectivity index (χ2v) is 5.86. The van der Waals surface area contributed by atoms with E-state index in [-0.39, 0.29) is 11.3 Å². The molecular formula is C21H15NO4. The maximum absolute atomic E-state index is 12.2. The number of aromatic nitrogens is 1. The van der Waals surface area contributed by atoms with Gasteiger partial charge in [-0.1, -0.05) is 48.5 Å². The Morgan fingerprint density at radius 2 is 1.23 bits per heavy atom. The van der Waals surface area contributed by atoms with Crippen molar-refractivity contribution in [3.63, 3.8) is 0 Å². The molecular weight excluding hydrogens is 330 g/mol. The molecule has 1 heterocycles. The van der Waals surface area contributed by atoms with Crippen LogP contribution in [0.4, 0.5) is 0 Å². The van der Waals surface area contributed by atoms with Crippen molar-refractivity contribution in [2.24, 2.45) is 0 Å². The van der Waals surface area contributed by atoms with Crippen LogP contribution in [0.3, 0.4) is 0 Å². The molecule has 0 unspecified atom stereocenters. The van der Waals surface area contributed by atoms with E-state index in [2.05, 4.69) is 4.98 Å². The van der Waals surface area contributed by atoms with Crippen molar-refractivity contribution < 1.29 is 19.1 Å². The number of esters is 2. The summed E-state index contributed by atoms with van der Waals surface area (Å²) in [4.78, 5) is 29.0. The van der Waals surface area contributed by atoms with Gasteiger partial charge >= 0.3 is 11.9 Å². The summed E-state index contributed by atoms with van der Waals surface area (Å²) >= 11 is 0. The Kier molecular flexibility index (Phi) is 3.77. The van der Waals surface area contributed by atoms with Gasteiger partial charge in [0, 0.05) is 10.8 Å². The molecule has 0 fully saturated rings. The maximum Gasteiger partial charge on any atom is 0.357 e. The lowest BCUT2D eigenvalue weighted by molar-refractivity contribution is 0.0550. The first kappa shape index (κ1) is 16.0. The molecule has 0 aliphatic heterocycles. The van der Waals surface area contributed by atoms with E-state index in [0.717, 1.165) is 26.9 Å². The summed E-state index contributed by atoms with van der Waals surface area (Å²) in [5.74, 6) is -1.30. The van der Waals surface area contributed by atoms with Gasteiger partial charge in [0.25, 0.3) is 0 Å². The molecule has 0 saturated heterocycles. The van der Waals surface area contributed by atoms with Crippen LogP contribution in [0, 0.1) is 0 Å². The van der Waals surface area contributed by atoms with Crippen molar-refractivity contribution in [1.82, 2.24) is 4.98 Å². The molecule has 26 heavy (non-hydrogen) atoms. The van der Waals surface area contributed by atoms with Crippen LogP contribution in [0.1, 0.15) is 20.8 Å². The van der Waals surface area contributed by atoms with Gasteiger partial charge in [-0.15, -0.1) is 0 Å². The molecule has 0 amide bonds. The molecule has 0 N–H and O–H groups in total. The van der Waals surface area contributed by atoms with E-state index in [1.807, 2.05) is 48.5 Å². The molecule has 1 aromatic heterocycles. The first-order valence-electron chi connectivity index (χ1n) is 8.06. The number of carbonyl (C=O) groups is 2. The minimum absolute atomic E-state index is 0.0488. The number of carbonyl (C=O) groups excluding carboxylic acids is 2. The van der Waals surface area contributed by atoms with Gasteiger partial charge < -0.3 is 9.47 Å². The molecule has 3 aromatic carbocycles. The van der Waals surface area contributed by atoms with Crippen LogP contribution in [-0.4, -0.2) is 31.1 Å². The minimum atomic E-state index is -0.676. The van der Waals surface area contributed by atoms with Gasteiger partial charge in [-0.25, -0.2) is 14.6 Å². The fourth-order valence-electron chi connectivity index (χ4n) is 3.32. The molecule has 4 rings (SSSR count). The van der Waals surface area contributed by atoms with Crippen LogP contribution >= 0.6 is 0 Å². The number of fused-ring (bicyclic) bond motifs is 6. The normalized spacial score (nSPS) is 11.0. The average Bonchev–Trinajstić information content (AvgIpc) is 2.71. The molecule has 0 spiro atoms. The summed E-state index contributed by atoms with van der Waals surface area (Å²) in [6, 6.07) is 17.4. The third-order valence-electron chi connectivity index (χ3n) is 4.50. The zero-order chi connectivity index (χ0) is 18.3. The zero-order valence-electron chi connectivity index (χ0n) is 14.3. The highest BCUT2D eigenvalue weighted by molar-refractivity contribution is 6.25. The lowest BCUT2D eigenvalue weighted by Crippen LogP contribution is -2.14. The largest absolute Gasteiger partial charge is 0.465 e. The molecule has 5 nitrogen and oxygen atoms in total. The summed E-state index contributed by atoms with van der Waals surface area (Å²) < 4.78 is 9.64. The predicted octanol–water partition coefficient (Wildman–Crippen LogP) is 4.11. The summed E-state index contributed by atoms with van der Waals surface area (Å²) in [6.07, 6.45) is 0. The predicted molar refractivity (Wildman–Crippen MR) is 99.4 cm³/mol. The van der Waals surface area contributed by atoms with E-state index >= 15 is 0 Å². The Hall–Kier alpha value is -3.47. The topological polar surface area (TPSA) is 65.5 Å². The van der Waals surface area contributed by atoms with Gasteiger partial charge in [0.05, 0.1) is 25.3 Å². The molecule has 0 bridgehead atoms. The number of hydrogen-bond donors (Lipinski definition) is 0. The molecule has 5 heteroatoms. The van der Waals surface area contributed by atoms with Gasteiger partial charge in [-0.2, -0.15) is 0 Å². The molecule has 128 valence electrons. The third-order valence-corrected chi connectivity index (χ3v) is 4.50. The number of ether oxygens (including phenoxy) is 2. The molecule has 0 aliphatic rings. The number of pyridine rings is 1. The number of rotatable bonds is 2. The standard InChI is InChI=1S/C21H15NO4/c1-25-20(23)17-11-16-14-9-4-3-7-12(14)13-8-5-6-10-15(13)18(16)22-19(17)21(24)26-2/h3-11H,1-2H3. The number of nitrogens with zero attached hydrogens (tertiary/aromatic N) is 1. The summed E-state index contributed by atoms with van der Waals surface area (Å²) in [7, 11) is 2.53. The number of benzene rings is 3. The van der Waals surface area contributed by atoms with Crippen LogP contribution in [0.15, 0.2) is 54.6 Å². The SMILES string of the molecule is COC(=O)c1cc2c3ccccc3c3ccccc3c2nc1C(=O)OC. The van der Waals surface area contributed by atoms with Crippen LogP contribution in [0.25, 0.3) is 32.4 Å². The van der Waals surface area contributed by atoms with Crippen molar-refractivity contribution in [3.8, 4) is 0 Å². The van der Waals surface area contributed by atoms with E-state index < -0.39 is 11.9 Å². The van der Waals surface area contributed by atoms with Crippen LogP contribution in [0.5, 0.6) is 0 Å². The lowest BCUT2D eigenvalue weighted by atomic mass is 9.95. The van der Waals surface area contributed by atoms with Crippen molar-refractivity contribution >= 4 is 44.4 Å². The van der Waals surface area contributed by atoms with Crippen LogP contribution in [-0.2, 0) is 9.47 Å². The lowest BCUT2D eigenvalue weighted by Gasteiger charge is -2.12. The maximum atomic E-state index is 12.2. The van der Waals surface area contributed by atoms with Gasteiger partial charge in [0.15, 0.2) is 5.69 Å². The highest BCUT2D eigenvalue weighted by atomic mass is 16.5. The van der Waals surface area contributed by atoms with Gasteiger partial charge in [-0.3, -0.25) is 0 Å². The molecule has 0 saturated carbocycles. The van der Waals surface area contributed by atoms with Crippen molar-refractivity contribution in [2.75, 3.05) is 14.2 Å². The van der Waals surface area contributed by atoms with E-state index in [1.54, 1.807) is 6.07 Å². The average molecular weight is 345 g/mol. The van der Waals surface area contributed by atoms with Crippen molar-refractivity contribution in [1.29, 1.82) is 0 Å². The molecule has 4 aromatic rings. The minimum Gasteiger partial charge on any atom is -0.465 e. The molecule has 0 atom stereocenters. The highest BCUT2D eigenvalue weighted by Gasteiger charge is 2.23. The second-order valence-electron chi connectivity index (χ2n) is 5.86. The fraction of sp³-hybridized carbons (Fsp3) is 0.0952.